The van der Waals surface area contributed by atoms with Crippen molar-refractivity contribution in [2.75, 3.05) is 11.4 Å². The van der Waals surface area contributed by atoms with Crippen molar-refractivity contribution in [1.29, 1.82) is 5.26 Å². The highest BCUT2D eigenvalue weighted by Crippen LogP contribution is 2.31. The molecular formula is C12H10BrClN2O. The molecule has 1 aliphatic heterocycles. The molecule has 0 N–H and O–H groups in total. The van der Waals surface area contributed by atoms with Gasteiger partial charge in [-0.2, -0.15) is 5.26 Å². The van der Waals surface area contributed by atoms with Crippen LogP contribution < -0.4 is 4.90 Å². The van der Waals surface area contributed by atoms with Crippen LogP contribution in [0.2, 0.25) is 5.02 Å². The van der Waals surface area contributed by atoms with Crippen molar-refractivity contribution >= 4 is 39.1 Å². The average molecular weight is 314 g/mol. The molecule has 1 fully saturated rings. The van der Waals surface area contributed by atoms with Crippen molar-refractivity contribution in [2.24, 2.45) is 0 Å². The molecule has 2 rings (SSSR count). The second-order valence-electron chi connectivity index (χ2n) is 3.88. The van der Waals surface area contributed by atoms with Crippen molar-refractivity contribution in [2.45, 2.75) is 17.7 Å². The molecule has 0 aromatic heterocycles. The van der Waals surface area contributed by atoms with E-state index in [0.717, 1.165) is 12.8 Å². The predicted molar refractivity (Wildman–Crippen MR) is 70.5 cm³/mol. The van der Waals surface area contributed by atoms with Gasteiger partial charge in [-0.1, -0.05) is 27.5 Å². The van der Waals surface area contributed by atoms with Crippen molar-refractivity contribution in [3.05, 3.63) is 28.8 Å². The quantitative estimate of drug-likeness (QED) is 0.748. The number of amides is 1. The second-order valence-corrected chi connectivity index (χ2v) is 5.39. The van der Waals surface area contributed by atoms with Crippen molar-refractivity contribution < 1.29 is 4.79 Å². The third-order valence-electron chi connectivity index (χ3n) is 2.74. The molecule has 88 valence electrons. The van der Waals surface area contributed by atoms with E-state index in [1.165, 1.54) is 0 Å². The topological polar surface area (TPSA) is 44.1 Å². The maximum atomic E-state index is 12.0. The van der Waals surface area contributed by atoms with Crippen LogP contribution in [0.5, 0.6) is 0 Å². The molecule has 0 spiro atoms. The van der Waals surface area contributed by atoms with Crippen molar-refractivity contribution in [3.8, 4) is 6.07 Å². The van der Waals surface area contributed by atoms with E-state index in [2.05, 4.69) is 15.9 Å². The number of hydrogen-bond donors (Lipinski definition) is 0. The number of rotatable bonds is 1. The van der Waals surface area contributed by atoms with Gasteiger partial charge in [0.1, 0.15) is 0 Å². The number of benzene rings is 1. The van der Waals surface area contributed by atoms with Gasteiger partial charge in [0.05, 0.1) is 27.2 Å². The maximum absolute atomic E-state index is 12.0. The van der Waals surface area contributed by atoms with Gasteiger partial charge in [-0.25, -0.2) is 0 Å². The van der Waals surface area contributed by atoms with Crippen LogP contribution in [0, 0.1) is 11.3 Å². The number of nitrogens with zero attached hydrogens (tertiary/aromatic N) is 2. The fourth-order valence-corrected chi connectivity index (χ4v) is 2.72. The smallest absolute Gasteiger partial charge is 0.240 e. The fraction of sp³-hybridized carbons (Fsp3) is 0.333. The van der Waals surface area contributed by atoms with Gasteiger partial charge in [0.15, 0.2) is 0 Å². The van der Waals surface area contributed by atoms with Crippen molar-refractivity contribution in [3.63, 3.8) is 0 Å². The number of carbonyl (C=O) groups excluding carboxylic acids is 1. The summed E-state index contributed by atoms with van der Waals surface area (Å²) in [4.78, 5) is 13.5. The van der Waals surface area contributed by atoms with E-state index in [4.69, 9.17) is 16.9 Å². The first-order valence-electron chi connectivity index (χ1n) is 5.28. The Labute approximate surface area is 113 Å². The third kappa shape index (κ3) is 2.46. The highest BCUT2D eigenvalue weighted by atomic mass is 79.9. The number of hydrogen-bond acceptors (Lipinski definition) is 2. The number of carbonyl (C=O) groups is 1. The Bertz CT molecular complexity index is 498. The monoisotopic (exact) mass is 312 g/mol. The standard InChI is InChI=1S/C12H10BrClN2O/c13-9-2-1-5-16(12(9)17)11-4-3-8(7-15)6-10(11)14/h3-4,6,9H,1-2,5H2. The Morgan fingerprint density at radius 2 is 2.29 bits per heavy atom. The molecule has 1 unspecified atom stereocenters. The van der Waals surface area contributed by atoms with Crippen LogP contribution in [0.25, 0.3) is 0 Å². The second kappa shape index (κ2) is 5.07. The maximum Gasteiger partial charge on any atom is 0.240 e. The third-order valence-corrected chi connectivity index (χ3v) is 3.89. The lowest BCUT2D eigenvalue weighted by Gasteiger charge is -2.30. The van der Waals surface area contributed by atoms with Crippen molar-refractivity contribution in [1.82, 2.24) is 0 Å². The minimum absolute atomic E-state index is 0.0304. The molecule has 17 heavy (non-hydrogen) atoms. The Morgan fingerprint density at radius 1 is 1.53 bits per heavy atom. The minimum atomic E-state index is -0.136. The molecule has 3 nitrogen and oxygen atoms in total. The van der Waals surface area contributed by atoms with Crippen LogP contribution in [0.3, 0.4) is 0 Å². The number of halogens is 2. The van der Waals surface area contributed by atoms with Crippen LogP contribution >= 0.6 is 27.5 Å². The number of piperidine rings is 1. The molecule has 0 aliphatic carbocycles. The zero-order valence-corrected chi connectivity index (χ0v) is 11.3. The molecule has 1 saturated heterocycles. The van der Waals surface area contributed by atoms with Gasteiger partial charge in [-0.05, 0) is 31.0 Å². The summed E-state index contributed by atoms with van der Waals surface area (Å²) in [6.07, 6.45) is 1.79. The molecular weight excluding hydrogens is 304 g/mol. The highest BCUT2D eigenvalue weighted by molar-refractivity contribution is 9.10. The summed E-state index contributed by atoms with van der Waals surface area (Å²) >= 11 is 9.45. The number of nitriles is 1. The van der Waals surface area contributed by atoms with Crippen LogP contribution in [0.4, 0.5) is 5.69 Å². The first-order valence-corrected chi connectivity index (χ1v) is 6.58. The molecule has 0 saturated carbocycles. The lowest BCUT2D eigenvalue weighted by atomic mass is 10.1. The zero-order valence-electron chi connectivity index (χ0n) is 8.99. The fourth-order valence-electron chi connectivity index (χ4n) is 1.87. The van der Waals surface area contributed by atoms with E-state index in [9.17, 15) is 4.79 Å². The summed E-state index contributed by atoms with van der Waals surface area (Å²) in [5, 5.41) is 9.20. The molecule has 1 aromatic rings. The van der Waals surface area contributed by atoms with Crippen LogP contribution in [-0.4, -0.2) is 17.3 Å². The van der Waals surface area contributed by atoms with Gasteiger partial charge in [-0.15, -0.1) is 0 Å². The summed E-state index contributed by atoms with van der Waals surface area (Å²) in [7, 11) is 0. The van der Waals surface area contributed by atoms with Gasteiger partial charge in [0.2, 0.25) is 5.91 Å². The van der Waals surface area contributed by atoms with E-state index in [1.807, 2.05) is 6.07 Å². The first kappa shape index (κ1) is 12.4. The van der Waals surface area contributed by atoms with Gasteiger partial charge in [-0.3, -0.25) is 4.79 Å². The molecule has 1 amide bonds. The Hall–Kier alpha value is -1.05. The molecule has 1 aromatic carbocycles. The van der Waals surface area contributed by atoms with E-state index in [-0.39, 0.29) is 10.7 Å². The zero-order chi connectivity index (χ0) is 12.4. The van der Waals surface area contributed by atoms with E-state index in [0.29, 0.717) is 22.8 Å². The largest absolute Gasteiger partial charge is 0.310 e. The Morgan fingerprint density at radius 3 is 2.94 bits per heavy atom. The average Bonchev–Trinajstić information content (AvgIpc) is 2.33. The lowest BCUT2D eigenvalue weighted by molar-refractivity contribution is -0.118. The summed E-state index contributed by atoms with van der Waals surface area (Å²) in [6.45, 7) is 0.673. The molecule has 1 heterocycles. The summed E-state index contributed by atoms with van der Waals surface area (Å²) in [5.41, 5.74) is 1.18. The number of alkyl halides is 1. The van der Waals surface area contributed by atoms with E-state index in [1.54, 1.807) is 23.1 Å². The predicted octanol–water partition coefficient (Wildman–Crippen LogP) is 3.10. The van der Waals surface area contributed by atoms with E-state index >= 15 is 0 Å². The van der Waals surface area contributed by atoms with Gasteiger partial charge >= 0.3 is 0 Å². The van der Waals surface area contributed by atoms with E-state index < -0.39 is 0 Å². The Balaban J connectivity index is 2.34. The van der Waals surface area contributed by atoms with Gasteiger partial charge < -0.3 is 4.90 Å². The molecule has 1 aliphatic rings. The molecule has 1 atom stereocenters. The minimum Gasteiger partial charge on any atom is -0.310 e. The summed E-state index contributed by atoms with van der Waals surface area (Å²) < 4.78 is 0. The van der Waals surface area contributed by atoms with Gasteiger partial charge in [0.25, 0.3) is 0 Å². The van der Waals surface area contributed by atoms with Gasteiger partial charge in [0, 0.05) is 6.54 Å². The van der Waals surface area contributed by atoms with Crippen LogP contribution in [0.1, 0.15) is 18.4 Å². The normalized spacial score (nSPS) is 20.2. The lowest BCUT2D eigenvalue weighted by Crippen LogP contribution is -2.41. The first-order chi connectivity index (χ1) is 8.13. The molecule has 5 heteroatoms. The number of anilines is 1. The molecule has 0 radical (unpaired) electrons. The van der Waals surface area contributed by atoms with Crippen LogP contribution in [0.15, 0.2) is 18.2 Å². The Kier molecular flexibility index (Phi) is 3.70. The van der Waals surface area contributed by atoms with Crippen LogP contribution in [-0.2, 0) is 4.79 Å². The summed E-state index contributed by atoms with van der Waals surface area (Å²) in [6, 6.07) is 7.01. The summed E-state index contributed by atoms with van der Waals surface area (Å²) in [5.74, 6) is 0.0304. The highest BCUT2D eigenvalue weighted by Gasteiger charge is 2.28. The SMILES string of the molecule is N#Cc1ccc(N2CCCC(Br)C2=O)c(Cl)c1. The molecule has 0 bridgehead atoms.